The highest BCUT2D eigenvalue weighted by atomic mass is 16.5. The minimum atomic E-state index is -0.430. The number of fused-ring (bicyclic) bond motifs is 3. The van der Waals surface area contributed by atoms with E-state index in [1.54, 1.807) is 11.6 Å². The van der Waals surface area contributed by atoms with Crippen molar-refractivity contribution in [1.82, 2.24) is 13.7 Å². The number of anilines is 1. The molecule has 0 unspecified atom stereocenters. The Balaban J connectivity index is 1.94. The highest BCUT2D eigenvalue weighted by Crippen LogP contribution is 2.45. The molecule has 7 heteroatoms. The van der Waals surface area contributed by atoms with Crippen molar-refractivity contribution >= 4 is 16.6 Å². The molecular weight excluding hydrogens is 428 g/mol. The fourth-order valence-corrected chi connectivity index (χ4v) is 5.07. The molecule has 0 radical (unpaired) electrons. The summed E-state index contributed by atoms with van der Waals surface area (Å²) in [5, 5.41) is 0.541. The Hall–Kier alpha value is -3.58. The van der Waals surface area contributed by atoms with E-state index in [1.165, 1.54) is 11.6 Å². The lowest BCUT2D eigenvalue weighted by atomic mass is 9.98. The standard InChI is InChI=1S/C27H30N4O3/c1-27(2)16-34-24(18-12-14-19(15-13-18)28(3)4)23-22-20(25(32)30(6)26(33)29(22)5)21(31(23)27)17-10-8-7-9-11-17/h7-15,24H,16H2,1-6H3/t24-/m1/s1. The Morgan fingerprint density at radius 3 is 2.21 bits per heavy atom. The zero-order chi connectivity index (χ0) is 24.4. The van der Waals surface area contributed by atoms with E-state index < -0.39 is 11.6 Å². The van der Waals surface area contributed by atoms with E-state index in [0.717, 1.165) is 28.2 Å². The lowest BCUT2D eigenvalue weighted by molar-refractivity contribution is -0.00706. The summed E-state index contributed by atoms with van der Waals surface area (Å²) in [4.78, 5) is 28.7. The number of hydrogen-bond donors (Lipinski definition) is 0. The molecule has 0 saturated heterocycles. The average molecular weight is 459 g/mol. The van der Waals surface area contributed by atoms with Gasteiger partial charge in [0.25, 0.3) is 5.56 Å². The first-order valence-electron chi connectivity index (χ1n) is 11.4. The van der Waals surface area contributed by atoms with Crippen LogP contribution in [0.2, 0.25) is 0 Å². The van der Waals surface area contributed by atoms with E-state index >= 15 is 0 Å². The molecule has 0 aliphatic carbocycles. The average Bonchev–Trinajstić information content (AvgIpc) is 3.20. The topological polar surface area (TPSA) is 61.4 Å². The summed E-state index contributed by atoms with van der Waals surface area (Å²) in [5.41, 5.74) is 4.21. The largest absolute Gasteiger partial charge is 0.378 e. The normalized spacial score (nSPS) is 17.1. The molecule has 1 aliphatic heterocycles. The van der Waals surface area contributed by atoms with Crippen molar-refractivity contribution in [2.75, 3.05) is 25.6 Å². The summed E-state index contributed by atoms with van der Waals surface area (Å²) in [6.45, 7) is 4.68. The molecule has 5 rings (SSSR count). The van der Waals surface area contributed by atoms with E-state index in [1.807, 2.05) is 49.3 Å². The van der Waals surface area contributed by atoms with Crippen LogP contribution in [0.1, 0.15) is 31.2 Å². The smallest absolute Gasteiger partial charge is 0.331 e. The van der Waals surface area contributed by atoms with Crippen LogP contribution in [0.15, 0.2) is 64.2 Å². The van der Waals surface area contributed by atoms with Crippen molar-refractivity contribution in [2.24, 2.45) is 14.1 Å². The van der Waals surface area contributed by atoms with Gasteiger partial charge in [-0.05, 0) is 37.1 Å². The van der Waals surface area contributed by atoms with Gasteiger partial charge in [0.1, 0.15) is 6.10 Å². The Morgan fingerprint density at radius 1 is 0.941 bits per heavy atom. The van der Waals surface area contributed by atoms with Gasteiger partial charge in [0, 0.05) is 33.9 Å². The van der Waals surface area contributed by atoms with Gasteiger partial charge in [-0.1, -0.05) is 42.5 Å². The number of ether oxygens (including phenoxy) is 1. The minimum Gasteiger partial charge on any atom is -0.378 e. The number of aromatic nitrogens is 3. The molecule has 0 saturated carbocycles. The second kappa shape index (κ2) is 7.74. The zero-order valence-corrected chi connectivity index (χ0v) is 20.5. The van der Waals surface area contributed by atoms with E-state index in [-0.39, 0.29) is 11.2 Å². The number of aryl methyl sites for hydroxylation is 1. The fraction of sp³-hybridized carbons (Fsp3) is 0.333. The highest BCUT2D eigenvalue weighted by molar-refractivity contribution is 5.96. The molecule has 0 bridgehead atoms. The second-order valence-corrected chi connectivity index (χ2v) is 9.85. The first kappa shape index (κ1) is 22.2. The van der Waals surface area contributed by atoms with Gasteiger partial charge in [-0.25, -0.2) is 4.79 Å². The maximum atomic E-state index is 13.6. The summed E-state index contributed by atoms with van der Waals surface area (Å²) in [6, 6.07) is 18.2. The summed E-state index contributed by atoms with van der Waals surface area (Å²) >= 11 is 0. The molecule has 0 spiro atoms. The minimum absolute atomic E-state index is 0.295. The van der Waals surface area contributed by atoms with Crippen LogP contribution >= 0.6 is 0 Å². The number of rotatable bonds is 3. The van der Waals surface area contributed by atoms with Crippen LogP contribution in [0.5, 0.6) is 0 Å². The van der Waals surface area contributed by atoms with Crippen molar-refractivity contribution in [3.8, 4) is 11.3 Å². The van der Waals surface area contributed by atoms with Gasteiger partial charge in [-0.2, -0.15) is 0 Å². The van der Waals surface area contributed by atoms with Crippen LogP contribution in [0.3, 0.4) is 0 Å². The monoisotopic (exact) mass is 458 g/mol. The van der Waals surface area contributed by atoms with Gasteiger partial charge in [0.2, 0.25) is 0 Å². The van der Waals surface area contributed by atoms with E-state index in [0.29, 0.717) is 17.5 Å². The quantitative estimate of drug-likeness (QED) is 0.471. The predicted octanol–water partition coefficient (Wildman–Crippen LogP) is 3.63. The van der Waals surface area contributed by atoms with E-state index in [9.17, 15) is 9.59 Å². The molecule has 2 aromatic carbocycles. The molecule has 0 N–H and O–H groups in total. The van der Waals surface area contributed by atoms with E-state index in [4.69, 9.17) is 4.74 Å². The molecule has 34 heavy (non-hydrogen) atoms. The molecule has 1 aliphatic rings. The molecule has 0 amide bonds. The molecule has 4 aromatic rings. The number of benzene rings is 2. The Morgan fingerprint density at radius 2 is 1.59 bits per heavy atom. The summed E-state index contributed by atoms with van der Waals surface area (Å²) in [6.07, 6.45) is -0.415. The Labute approximate surface area is 198 Å². The van der Waals surface area contributed by atoms with Crippen LogP contribution in [0.4, 0.5) is 5.69 Å². The maximum Gasteiger partial charge on any atom is 0.331 e. The summed E-state index contributed by atoms with van der Waals surface area (Å²) in [5.74, 6) is 0. The molecule has 3 heterocycles. The van der Waals surface area contributed by atoms with Crippen molar-refractivity contribution < 1.29 is 4.74 Å². The lowest BCUT2D eigenvalue weighted by Crippen LogP contribution is -2.40. The third-order valence-corrected chi connectivity index (χ3v) is 6.82. The number of nitrogens with zero attached hydrogens (tertiary/aromatic N) is 4. The van der Waals surface area contributed by atoms with Crippen LogP contribution in [-0.2, 0) is 24.4 Å². The molecule has 7 nitrogen and oxygen atoms in total. The summed E-state index contributed by atoms with van der Waals surface area (Å²) in [7, 11) is 7.28. The van der Waals surface area contributed by atoms with Gasteiger partial charge in [0.05, 0.1) is 34.4 Å². The van der Waals surface area contributed by atoms with Crippen molar-refractivity contribution in [3.05, 3.63) is 86.7 Å². The highest BCUT2D eigenvalue weighted by Gasteiger charge is 2.40. The van der Waals surface area contributed by atoms with Gasteiger partial charge in [-0.15, -0.1) is 0 Å². The number of hydrogen-bond acceptors (Lipinski definition) is 4. The van der Waals surface area contributed by atoms with Gasteiger partial charge in [0.15, 0.2) is 0 Å². The Kier molecular flexibility index (Phi) is 5.06. The third kappa shape index (κ3) is 3.15. The maximum absolute atomic E-state index is 13.6. The van der Waals surface area contributed by atoms with Crippen LogP contribution in [0.25, 0.3) is 22.2 Å². The van der Waals surface area contributed by atoms with Crippen LogP contribution in [-0.4, -0.2) is 34.4 Å². The predicted molar refractivity (Wildman–Crippen MR) is 136 cm³/mol. The van der Waals surface area contributed by atoms with Crippen molar-refractivity contribution in [1.29, 1.82) is 0 Å². The lowest BCUT2D eigenvalue weighted by Gasteiger charge is -2.39. The molecule has 176 valence electrons. The molecule has 0 fully saturated rings. The van der Waals surface area contributed by atoms with Crippen LogP contribution < -0.4 is 16.1 Å². The molecular formula is C27H30N4O3. The Bertz CT molecular complexity index is 1510. The first-order valence-corrected chi connectivity index (χ1v) is 11.4. The van der Waals surface area contributed by atoms with Gasteiger partial charge >= 0.3 is 5.69 Å². The zero-order valence-electron chi connectivity index (χ0n) is 20.5. The molecule has 2 aromatic heterocycles. The summed E-state index contributed by atoms with van der Waals surface area (Å²) < 4.78 is 11.5. The van der Waals surface area contributed by atoms with E-state index in [2.05, 4.69) is 42.7 Å². The molecule has 1 atom stereocenters. The van der Waals surface area contributed by atoms with Gasteiger partial charge in [-0.3, -0.25) is 13.9 Å². The SMILES string of the molecule is CN(C)c1ccc([C@H]2OCC(C)(C)n3c(-c4ccccc4)c4c(=O)n(C)c(=O)n(C)c4c32)cc1. The fourth-order valence-electron chi connectivity index (χ4n) is 5.07. The third-order valence-electron chi connectivity index (χ3n) is 6.82. The first-order chi connectivity index (χ1) is 16.1. The van der Waals surface area contributed by atoms with Crippen molar-refractivity contribution in [2.45, 2.75) is 25.5 Å². The van der Waals surface area contributed by atoms with Gasteiger partial charge < -0.3 is 14.2 Å². The second-order valence-electron chi connectivity index (χ2n) is 9.85. The van der Waals surface area contributed by atoms with Crippen LogP contribution in [0, 0.1) is 0 Å². The van der Waals surface area contributed by atoms with Crippen molar-refractivity contribution in [3.63, 3.8) is 0 Å².